The fraction of sp³-hybridized carbons (Fsp3) is 0.300. The van der Waals surface area contributed by atoms with Crippen molar-refractivity contribution in [3.8, 4) is 0 Å². The third kappa shape index (κ3) is 4.01. The second-order valence-electron chi connectivity index (χ2n) is 2.78. The largest absolute Gasteiger partial charge is 0.465 e. The molecule has 5 heteroatoms. The van der Waals surface area contributed by atoms with Crippen molar-refractivity contribution < 1.29 is 9.53 Å². The van der Waals surface area contributed by atoms with E-state index in [9.17, 15) is 4.79 Å². The van der Waals surface area contributed by atoms with Crippen molar-refractivity contribution in [2.45, 2.75) is 11.8 Å². The fourth-order valence-corrected chi connectivity index (χ4v) is 1.92. The van der Waals surface area contributed by atoms with Crippen LogP contribution < -0.4 is 5.73 Å². The summed E-state index contributed by atoms with van der Waals surface area (Å²) in [5, 5.41) is 0.591. The van der Waals surface area contributed by atoms with Crippen LogP contribution in [0.4, 0.5) is 5.69 Å². The maximum absolute atomic E-state index is 11.1. The highest BCUT2D eigenvalue weighted by molar-refractivity contribution is 8.00. The summed E-state index contributed by atoms with van der Waals surface area (Å²) in [5.74, 6) is 0.0245. The summed E-state index contributed by atoms with van der Waals surface area (Å²) in [5.41, 5.74) is 6.30. The number of benzene rings is 1. The van der Waals surface area contributed by atoms with Gasteiger partial charge in [-0.3, -0.25) is 4.79 Å². The van der Waals surface area contributed by atoms with Gasteiger partial charge in [0.2, 0.25) is 0 Å². The summed E-state index contributed by atoms with van der Waals surface area (Å²) in [6.07, 6.45) is 0. The lowest BCUT2D eigenvalue weighted by Gasteiger charge is -2.05. The molecule has 0 amide bonds. The molecule has 0 aromatic heterocycles. The van der Waals surface area contributed by atoms with Crippen LogP contribution >= 0.6 is 23.4 Å². The first kappa shape index (κ1) is 12.2. The van der Waals surface area contributed by atoms with Crippen molar-refractivity contribution in [2.24, 2.45) is 0 Å². The van der Waals surface area contributed by atoms with Crippen LogP contribution in [0.15, 0.2) is 23.1 Å². The number of carbonyl (C=O) groups excluding carboxylic acids is 1. The van der Waals surface area contributed by atoms with Gasteiger partial charge in [-0.25, -0.2) is 0 Å². The highest BCUT2D eigenvalue weighted by atomic mass is 35.5. The zero-order valence-electron chi connectivity index (χ0n) is 8.33. The molecule has 0 atom stereocenters. The van der Waals surface area contributed by atoms with Gasteiger partial charge in [-0.1, -0.05) is 11.6 Å². The first-order chi connectivity index (χ1) is 7.13. The Bertz CT molecular complexity index is 357. The Kier molecular flexibility index (Phi) is 4.78. The lowest BCUT2D eigenvalue weighted by molar-refractivity contribution is -0.139. The number of thioether (sulfide) groups is 1. The molecule has 0 fully saturated rings. The van der Waals surface area contributed by atoms with Crippen molar-refractivity contribution in [1.29, 1.82) is 0 Å². The molecule has 0 bridgehead atoms. The minimum absolute atomic E-state index is 0.239. The van der Waals surface area contributed by atoms with Crippen molar-refractivity contribution in [1.82, 2.24) is 0 Å². The second-order valence-corrected chi connectivity index (χ2v) is 4.23. The Morgan fingerprint density at radius 1 is 1.60 bits per heavy atom. The van der Waals surface area contributed by atoms with Crippen LogP contribution in [-0.4, -0.2) is 18.3 Å². The quantitative estimate of drug-likeness (QED) is 0.503. The molecule has 0 spiro atoms. The Hall–Kier alpha value is -0.870. The number of esters is 1. The molecule has 15 heavy (non-hydrogen) atoms. The van der Waals surface area contributed by atoms with Crippen molar-refractivity contribution in [3.63, 3.8) is 0 Å². The normalized spacial score (nSPS) is 10.0. The molecule has 1 aromatic carbocycles. The summed E-state index contributed by atoms with van der Waals surface area (Å²) in [6.45, 7) is 2.18. The third-order valence-corrected chi connectivity index (χ3v) is 2.92. The average Bonchev–Trinajstić information content (AvgIpc) is 2.17. The predicted octanol–water partition coefficient (Wildman–Crippen LogP) is 2.58. The van der Waals surface area contributed by atoms with Crippen LogP contribution in [0.1, 0.15) is 6.92 Å². The van der Waals surface area contributed by atoms with Crippen LogP contribution in [0, 0.1) is 0 Å². The zero-order valence-corrected chi connectivity index (χ0v) is 9.90. The van der Waals surface area contributed by atoms with Gasteiger partial charge in [-0.2, -0.15) is 0 Å². The molecule has 0 radical (unpaired) electrons. The van der Waals surface area contributed by atoms with E-state index in [1.165, 1.54) is 11.8 Å². The van der Waals surface area contributed by atoms with Crippen molar-refractivity contribution in [2.75, 3.05) is 18.1 Å². The molecule has 0 unspecified atom stereocenters. The minimum Gasteiger partial charge on any atom is -0.465 e. The highest BCUT2D eigenvalue weighted by Crippen LogP contribution is 2.27. The van der Waals surface area contributed by atoms with Gasteiger partial charge in [0.1, 0.15) is 0 Å². The lowest BCUT2D eigenvalue weighted by atomic mass is 10.3. The highest BCUT2D eigenvalue weighted by Gasteiger charge is 2.05. The van der Waals surface area contributed by atoms with Gasteiger partial charge in [0.25, 0.3) is 0 Å². The number of carbonyl (C=O) groups is 1. The molecule has 0 saturated heterocycles. The fourth-order valence-electron chi connectivity index (χ4n) is 0.990. The molecule has 1 aromatic rings. The van der Waals surface area contributed by atoms with Crippen molar-refractivity contribution >= 4 is 35.0 Å². The smallest absolute Gasteiger partial charge is 0.316 e. The number of ether oxygens (including phenoxy) is 1. The number of anilines is 1. The Morgan fingerprint density at radius 3 is 2.93 bits per heavy atom. The molecule has 3 nitrogen and oxygen atoms in total. The number of halogens is 1. The molecule has 0 aliphatic rings. The van der Waals surface area contributed by atoms with E-state index in [2.05, 4.69) is 0 Å². The van der Waals surface area contributed by atoms with Gasteiger partial charge in [-0.05, 0) is 25.1 Å². The summed E-state index contributed by atoms with van der Waals surface area (Å²) in [4.78, 5) is 11.9. The molecule has 0 saturated carbocycles. The van der Waals surface area contributed by atoms with Crippen LogP contribution in [0.2, 0.25) is 5.02 Å². The molecule has 2 N–H and O–H groups in total. The average molecular weight is 246 g/mol. The molecule has 1 rings (SSSR count). The van der Waals surface area contributed by atoms with Crippen molar-refractivity contribution in [3.05, 3.63) is 23.2 Å². The first-order valence-corrected chi connectivity index (χ1v) is 5.83. The predicted molar refractivity (Wildman–Crippen MR) is 63.2 cm³/mol. The topological polar surface area (TPSA) is 52.3 Å². The van der Waals surface area contributed by atoms with E-state index in [1.54, 1.807) is 25.1 Å². The molecule has 0 aliphatic carbocycles. The van der Waals surface area contributed by atoms with Gasteiger partial charge in [0.15, 0.2) is 0 Å². The number of nitrogens with two attached hydrogens (primary N) is 1. The Morgan fingerprint density at radius 2 is 2.33 bits per heavy atom. The molecular formula is C10H12ClNO2S. The van der Waals surface area contributed by atoms with Gasteiger partial charge in [0.05, 0.1) is 12.4 Å². The monoisotopic (exact) mass is 245 g/mol. The maximum Gasteiger partial charge on any atom is 0.316 e. The summed E-state index contributed by atoms with van der Waals surface area (Å²) in [7, 11) is 0. The van der Waals surface area contributed by atoms with E-state index in [4.69, 9.17) is 22.1 Å². The lowest BCUT2D eigenvalue weighted by Crippen LogP contribution is -2.06. The molecule has 0 aliphatic heterocycles. The minimum atomic E-state index is -0.239. The Labute approximate surface area is 97.9 Å². The number of hydrogen-bond donors (Lipinski definition) is 1. The van der Waals surface area contributed by atoms with E-state index in [0.717, 1.165) is 4.90 Å². The number of hydrogen-bond acceptors (Lipinski definition) is 4. The van der Waals surface area contributed by atoms with Crippen LogP contribution in [0.5, 0.6) is 0 Å². The van der Waals surface area contributed by atoms with Crippen LogP contribution in [0.25, 0.3) is 0 Å². The van der Waals surface area contributed by atoms with E-state index in [1.807, 2.05) is 0 Å². The summed E-state index contributed by atoms with van der Waals surface area (Å²) >= 11 is 7.09. The van der Waals surface area contributed by atoms with Crippen LogP contribution in [0.3, 0.4) is 0 Å². The standard InChI is InChI=1S/C10H12ClNO2S/c1-2-14-10(13)6-15-9-4-3-7(11)5-8(9)12/h3-5H,2,6,12H2,1H3. The van der Waals surface area contributed by atoms with E-state index >= 15 is 0 Å². The number of nitrogen functional groups attached to an aromatic ring is 1. The van der Waals surface area contributed by atoms with E-state index in [-0.39, 0.29) is 11.7 Å². The van der Waals surface area contributed by atoms with Crippen LogP contribution in [-0.2, 0) is 9.53 Å². The SMILES string of the molecule is CCOC(=O)CSc1ccc(Cl)cc1N. The van der Waals surface area contributed by atoms with Gasteiger partial charge in [-0.15, -0.1) is 11.8 Å². The number of rotatable bonds is 4. The third-order valence-electron chi connectivity index (χ3n) is 1.62. The summed E-state index contributed by atoms with van der Waals surface area (Å²) in [6, 6.07) is 5.20. The first-order valence-electron chi connectivity index (χ1n) is 4.47. The van der Waals surface area contributed by atoms with Gasteiger partial charge < -0.3 is 10.5 Å². The van der Waals surface area contributed by atoms with E-state index < -0.39 is 0 Å². The second kappa shape index (κ2) is 5.88. The summed E-state index contributed by atoms with van der Waals surface area (Å²) < 4.78 is 4.80. The maximum atomic E-state index is 11.1. The molecule has 0 heterocycles. The molecule has 82 valence electrons. The van der Waals surface area contributed by atoms with E-state index in [0.29, 0.717) is 17.3 Å². The Balaban J connectivity index is 2.54. The van der Waals surface area contributed by atoms with Gasteiger partial charge in [0, 0.05) is 15.6 Å². The zero-order chi connectivity index (χ0) is 11.3. The molecular weight excluding hydrogens is 234 g/mol. The van der Waals surface area contributed by atoms with Gasteiger partial charge >= 0.3 is 5.97 Å².